The van der Waals surface area contributed by atoms with Gasteiger partial charge in [-0.25, -0.2) is 0 Å². The normalized spacial score (nSPS) is 10.9. The highest BCUT2D eigenvalue weighted by molar-refractivity contribution is 14.0. The average molecular weight is 400 g/mol. The van der Waals surface area contributed by atoms with Gasteiger partial charge in [0.1, 0.15) is 0 Å². The Morgan fingerprint density at radius 1 is 1.19 bits per heavy atom. The van der Waals surface area contributed by atoms with E-state index in [4.69, 9.17) is 4.52 Å². The Kier molecular flexibility index (Phi) is 7.81. The summed E-state index contributed by atoms with van der Waals surface area (Å²) in [5.74, 6) is 1.55. The molecular weight excluding hydrogens is 379 g/mol. The first-order chi connectivity index (χ1) is 9.81. The SMILES string of the molecule is CCc1cc(CNC(=NC)NCc2ccccc2)on1.I. The first kappa shape index (κ1) is 17.5. The summed E-state index contributed by atoms with van der Waals surface area (Å²) in [6.45, 7) is 3.36. The van der Waals surface area contributed by atoms with Gasteiger partial charge in [0.25, 0.3) is 0 Å². The summed E-state index contributed by atoms with van der Waals surface area (Å²) in [4.78, 5) is 4.18. The molecule has 0 saturated carbocycles. The molecule has 0 saturated heterocycles. The fourth-order valence-corrected chi connectivity index (χ4v) is 1.78. The van der Waals surface area contributed by atoms with Crippen LogP contribution in [0.5, 0.6) is 0 Å². The summed E-state index contributed by atoms with van der Waals surface area (Å²) in [6, 6.07) is 12.2. The molecule has 0 aliphatic carbocycles. The van der Waals surface area contributed by atoms with Crippen LogP contribution < -0.4 is 10.6 Å². The van der Waals surface area contributed by atoms with Crippen molar-refractivity contribution < 1.29 is 4.52 Å². The van der Waals surface area contributed by atoms with Crippen molar-refractivity contribution >= 4 is 29.9 Å². The number of guanidine groups is 1. The molecule has 0 spiro atoms. The Morgan fingerprint density at radius 3 is 2.52 bits per heavy atom. The van der Waals surface area contributed by atoms with E-state index < -0.39 is 0 Å². The van der Waals surface area contributed by atoms with Crippen molar-refractivity contribution in [1.29, 1.82) is 0 Å². The molecule has 2 N–H and O–H groups in total. The molecule has 5 nitrogen and oxygen atoms in total. The number of rotatable bonds is 5. The minimum Gasteiger partial charge on any atom is -0.359 e. The minimum atomic E-state index is 0. The highest BCUT2D eigenvalue weighted by Gasteiger charge is 2.04. The zero-order valence-electron chi connectivity index (χ0n) is 12.3. The van der Waals surface area contributed by atoms with E-state index in [1.165, 1.54) is 5.56 Å². The Morgan fingerprint density at radius 2 is 1.90 bits per heavy atom. The smallest absolute Gasteiger partial charge is 0.191 e. The molecule has 0 bridgehead atoms. The quantitative estimate of drug-likeness (QED) is 0.460. The molecular formula is C15H21IN4O. The largest absolute Gasteiger partial charge is 0.359 e. The highest BCUT2D eigenvalue weighted by Crippen LogP contribution is 2.03. The van der Waals surface area contributed by atoms with Crippen LogP contribution in [-0.2, 0) is 19.5 Å². The van der Waals surface area contributed by atoms with Crippen molar-refractivity contribution in [2.45, 2.75) is 26.4 Å². The first-order valence-corrected chi connectivity index (χ1v) is 6.74. The van der Waals surface area contributed by atoms with Crippen molar-refractivity contribution in [2.24, 2.45) is 4.99 Å². The Labute approximate surface area is 142 Å². The average Bonchev–Trinajstić information content (AvgIpc) is 2.96. The van der Waals surface area contributed by atoms with Crippen molar-refractivity contribution in [2.75, 3.05) is 7.05 Å². The number of halogens is 1. The molecule has 0 radical (unpaired) electrons. The maximum atomic E-state index is 5.22. The zero-order chi connectivity index (χ0) is 14.2. The summed E-state index contributed by atoms with van der Waals surface area (Å²) in [5.41, 5.74) is 2.18. The van der Waals surface area contributed by atoms with E-state index in [-0.39, 0.29) is 24.0 Å². The lowest BCUT2D eigenvalue weighted by molar-refractivity contribution is 0.374. The summed E-state index contributed by atoms with van der Waals surface area (Å²) < 4.78 is 5.22. The van der Waals surface area contributed by atoms with Gasteiger partial charge >= 0.3 is 0 Å². The van der Waals surface area contributed by atoms with Crippen molar-refractivity contribution in [3.63, 3.8) is 0 Å². The summed E-state index contributed by atoms with van der Waals surface area (Å²) in [6.07, 6.45) is 0.879. The molecule has 0 aliphatic rings. The number of nitrogens with one attached hydrogen (secondary N) is 2. The molecule has 0 atom stereocenters. The molecule has 0 aliphatic heterocycles. The van der Waals surface area contributed by atoms with Gasteiger partial charge < -0.3 is 15.2 Å². The summed E-state index contributed by atoms with van der Waals surface area (Å²) >= 11 is 0. The van der Waals surface area contributed by atoms with E-state index in [9.17, 15) is 0 Å². The van der Waals surface area contributed by atoms with Crippen LogP contribution in [0.15, 0.2) is 45.9 Å². The van der Waals surface area contributed by atoms with E-state index in [0.29, 0.717) is 6.54 Å². The Balaban J connectivity index is 0.00000220. The maximum Gasteiger partial charge on any atom is 0.191 e. The van der Waals surface area contributed by atoms with Crippen LogP contribution in [0.2, 0.25) is 0 Å². The number of benzene rings is 1. The Hall–Kier alpha value is -1.57. The van der Waals surface area contributed by atoms with Gasteiger partial charge in [0, 0.05) is 19.7 Å². The highest BCUT2D eigenvalue weighted by atomic mass is 127. The van der Waals surface area contributed by atoms with Crippen molar-refractivity contribution in [3.05, 3.63) is 53.4 Å². The predicted octanol–water partition coefficient (Wildman–Crippen LogP) is 2.72. The fraction of sp³-hybridized carbons (Fsp3) is 0.333. The van der Waals surface area contributed by atoms with Crippen molar-refractivity contribution in [1.82, 2.24) is 15.8 Å². The van der Waals surface area contributed by atoms with E-state index in [0.717, 1.165) is 30.4 Å². The van der Waals surface area contributed by atoms with Crippen LogP contribution in [0.25, 0.3) is 0 Å². The van der Waals surface area contributed by atoms with Crippen LogP contribution in [-0.4, -0.2) is 18.2 Å². The molecule has 21 heavy (non-hydrogen) atoms. The second-order valence-corrected chi connectivity index (χ2v) is 4.40. The number of aryl methyl sites for hydroxylation is 1. The van der Waals surface area contributed by atoms with Gasteiger partial charge in [-0.3, -0.25) is 4.99 Å². The molecule has 114 valence electrons. The second kappa shape index (κ2) is 9.38. The number of nitrogens with zero attached hydrogens (tertiary/aromatic N) is 2. The molecule has 1 aromatic heterocycles. The molecule has 1 aromatic carbocycles. The van der Waals surface area contributed by atoms with Crippen LogP contribution in [0.4, 0.5) is 0 Å². The molecule has 0 amide bonds. The van der Waals surface area contributed by atoms with Gasteiger partial charge in [0.15, 0.2) is 11.7 Å². The fourth-order valence-electron chi connectivity index (χ4n) is 1.78. The second-order valence-electron chi connectivity index (χ2n) is 4.40. The van der Waals surface area contributed by atoms with Crippen LogP contribution in [0.3, 0.4) is 0 Å². The van der Waals surface area contributed by atoms with Gasteiger partial charge in [0.2, 0.25) is 0 Å². The van der Waals surface area contributed by atoms with Gasteiger partial charge in [-0.2, -0.15) is 0 Å². The van der Waals surface area contributed by atoms with Gasteiger partial charge in [-0.15, -0.1) is 24.0 Å². The van der Waals surface area contributed by atoms with Crippen LogP contribution in [0.1, 0.15) is 23.9 Å². The molecule has 2 aromatic rings. The molecule has 2 rings (SSSR count). The van der Waals surface area contributed by atoms with Gasteiger partial charge in [0.05, 0.1) is 12.2 Å². The summed E-state index contributed by atoms with van der Waals surface area (Å²) in [7, 11) is 1.75. The van der Waals surface area contributed by atoms with E-state index in [1.54, 1.807) is 7.05 Å². The molecule has 1 heterocycles. The van der Waals surface area contributed by atoms with Gasteiger partial charge in [-0.05, 0) is 12.0 Å². The number of aromatic nitrogens is 1. The van der Waals surface area contributed by atoms with Crippen molar-refractivity contribution in [3.8, 4) is 0 Å². The number of hydrogen-bond donors (Lipinski definition) is 2. The van der Waals surface area contributed by atoms with Gasteiger partial charge in [-0.1, -0.05) is 42.4 Å². The molecule has 0 fully saturated rings. The van der Waals surface area contributed by atoms with Crippen LogP contribution >= 0.6 is 24.0 Å². The summed E-state index contributed by atoms with van der Waals surface area (Å²) in [5, 5.41) is 10.4. The van der Waals surface area contributed by atoms with E-state index in [2.05, 4.69) is 39.8 Å². The zero-order valence-corrected chi connectivity index (χ0v) is 14.6. The maximum absolute atomic E-state index is 5.22. The monoisotopic (exact) mass is 400 g/mol. The lowest BCUT2D eigenvalue weighted by atomic mass is 10.2. The molecule has 0 unspecified atom stereocenters. The predicted molar refractivity (Wildman–Crippen MR) is 94.8 cm³/mol. The number of aliphatic imine (C=N–C) groups is 1. The lowest BCUT2D eigenvalue weighted by Crippen LogP contribution is -2.36. The first-order valence-electron chi connectivity index (χ1n) is 6.74. The molecule has 6 heteroatoms. The third kappa shape index (κ3) is 5.74. The third-order valence-electron chi connectivity index (χ3n) is 2.93. The standard InChI is InChI=1S/C15H20N4O.HI/c1-3-13-9-14(20-19-13)11-18-15(16-2)17-10-12-7-5-4-6-8-12;/h4-9H,3,10-11H2,1-2H3,(H2,16,17,18);1H. The topological polar surface area (TPSA) is 62.5 Å². The Bertz CT molecular complexity index is 554. The number of hydrogen-bond acceptors (Lipinski definition) is 3. The van der Waals surface area contributed by atoms with Crippen LogP contribution in [0, 0.1) is 0 Å². The lowest BCUT2D eigenvalue weighted by Gasteiger charge is -2.10. The van der Waals surface area contributed by atoms with E-state index >= 15 is 0 Å². The minimum absolute atomic E-state index is 0. The third-order valence-corrected chi connectivity index (χ3v) is 2.93. The van der Waals surface area contributed by atoms with E-state index in [1.807, 2.05) is 24.3 Å².